The van der Waals surface area contributed by atoms with Gasteiger partial charge in [-0.3, -0.25) is 10.1 Å². The number of carbonyl (C=O) groups excluding carboxylic acids is 2. The van der Waals surface area contributed by atoms with E-state index in [1.165, 1.54) is 0 Å². The van der Waals surface area contributed by atoms with E-state index < -0.39 is 11.9 Å². The van der Waals surface area contributed by atoms with Gasteiger partial charge in [-0.1, -0.05) is 12.2 Å². The van der Waals surface area contributed by atoms with Crippen LogP contribution >= 0.6 is 0 Å². The number of amides is 3. The standard InChI is InChI=1S/C18H20N8O2/c1-9-3-4-10(2)25(9)16-22-14-11(7-13-15(27)23-18(28)21-13)8-19-26(14)17(24-16)20-12-5-6-12/h3-4,7-10,12H,5-6H2,1-2H3,(H,20,22,24)(H2,21,23,27,28)/b13-7-. The molecule has 144 valence electrons. The van der Waals surface area contributed by atoms with E-state index >= 15 is 0 Å². The molecule has 0 bridgehead atoms. The number of aromatic nitrogens is 4. The molecule has 10 heteroatoms. The van der Waals surface area contributed by atoms with Crippen molar-refractivity contribution in [2.24, 2.45) is 0 Å². The number of imide groups is 1. The van der Waals surface area contributed by atoms with Crippen LogP contribution in [-0.4, -0.2) is 49.6 Å². The molecule has 28 heavy (non-hydrogen) atoms. The Morgan fingerprint density at radius 3 is 2.54 bits per heavy atom. The Labute approximate surface area is 160 Å². The average molecular weight is 380 g/mol. The zero-order valence-corrected chi connectivity index (χ0v) is 15.5. The Morgan fingerprint density at radius 1 is 1.14 bits per heavy atom. The summed E-state index contributed by atoms with van der Waals surface area (Å²) in [6.45, 7) is 4.19. The second kappa shape index (κ2) is 6.04. The third kappa shape index (κ3) is 2.77. The predicted octanol–water partition coefficient (Wildman–Crippen LogP) is 1.03. The zero-order chi connectivity index (χ0) is 19.4. The fraction of sp³-hybridized carbons (Fsp3) is 0.389. The van der Waals surface area contributed by atoms with Gasteiger partial charge in [0.05, 0.1) is 6.20 Å². The number of fused-ring (bicyclic) bond motifs is 1. The van der Waals surface area contributed by atoms with Crippen LogP contribution < -0.4 is 20.9 Å². The van der Waals surface area contributed by atoms with Crippen molar-refractivity contribution >= 4 is 35.6 Å². The van der Waals surface area contributed by atoms with Crippen molar-refractivity contribution in [2.75, 3.05) is 10.2 Å². The quantitative estimate of drug-likeness (QED) is 0.412. The van der Waals surface area contributed by atoms with Crippen LogP contribution in [0.2, 0.25) is 0 Å². The molecule has 0 aromatic carbocycles. The minimum Gasteiger partial charge on any atom is -0.351 e. The molecule has 2 aromatic rings. The number of urea groups is 1. The van der Waals surface area contributed by atoms with Crippen LogP contribution in [0.1, 0.15) is 32.3 Å². The van der Waals surface area contributed by atoms with Crippen LogP contribution in [0.4, 0.5) is 16.7 Å². The third-order valence-electron chi connectivity index (χ3n) is 5.09. The van der Waals surface area contributed by atoms with Crippen molar-refractivity contribution in [3.63, 3.8) is 0 Å². The number of rotatable bonds is 4. The van der Waals surface area contributed by atoms with Gasteiger partial charge in [-0.2, -0.15) is 19.6 Å². The lowest BCUT2D eigenvalue weighted by molar-refractivity contribution is -0.115. The van der Waals surface area contributed by atoms with Crippen LogP contribution in [0.25, 0.3) is 11.7 Å². The fourth-order valence-electron chi connectivity index (χ4n) is 3.48. The fourth-order valence-corrected chi connectivity index (χ4v) is 3.48. The molecular formula is C18H20N8O2. The minimum atomic E-state index is -0.537. The summed E-state index contributed by atoms with van der Waals surface area (Å²) in [5.74, 6) is 0.750. The highest BCUT2D eigenvalue weighted by Gasteiger charge is 2.29. The molecule has 1 saturated carbocycles. The maximum absolute atomic E-state index is 11.9. The van der Waals surface area contributed by atoms with E-state index in [0.717, 1.165) is 12.8 Å². The van der Waals surface area contributed by atoms with E-state index in [4.69, 9.17) is 9.97 Å². The van der Waals surface area contributed by atoms with Crippen LogP contribution in [0.15, 0.2) is 24.0 Å². The molecule has 3 N–H and O–H groups in total. The number of anilines is 2. The summed E-state index contributed by atoms with van der Waals surface area (Å²) in [4.78, 5) is 34.9. The molecule has 4 heterocycles. The molecule has 10 nitrogen and oxygen atoms in total. The van der Waals surface area contributed by atoms with Gasteiger partial charge < -0.3 is 15.5 Å². The average Bonchev–Trinajstić information content (AvgIpc) is 3.15. The normalized spacial score (nSPS) is 25.6. The van der Waals surface area contributed by atoms with Crippen LogP contribution in [0, 0.1) is 0 Å². The van der Waals surface area contributed by atoms with E-state index in [1.807, 2.05) is 0 Å². The Bertz CT molecular complexity index is 1040. The van der Waals surface area contributed by atoms with Gasteiger partial charge in [0.1, 0.15) is 5.70 Å². The molecule has 2 fully saturated rings. The molecule has 3 amide bonds. The summed E-state index contributed by atoms with van der Waals surface area (Å²) < 4.78 is 1.64. The Hall–Kier alpha value is -3.43. The van der Waals surface area contributed by atoms with E-state index in [1.54, 1.807) is 16.8 Å². The van der Waals surface area contributed by atoms with Gasteiger partial charge in [-0.05, 0) is 32.8 Å². The van der Waals surface area contributed by atoms with Gasteiger partial charge >= 0.3 is 6.03 Å². The van der Waals surface area contributed by atoms with Gasteiger partial charge in [-0.25, -0.2) is 4.79 Å². The van der Waals surface area contributed by atoms with Crippen molar-refractivity contribution in [3.05, 3.63) is 29.6 Å². The molecule has 1 aliphatic carbocycles. The topological polar surface area (TPSA) is 117 Å². The largest absolute Gasteiger partial charge is 0.351 e. The minimum absolute atomic E-state index is 0.168. The van der Waals surface area contributed by atoms with Crippen LogP contribution in [-0.2, 0) is 4.79 Å². The second-order valence-electron chi connectivity index (χ2n) is 7.34. The smallest absolute Gasteiger partial charge is 0.326 e. The van der Waals surface area contributed by atoms with Gasteiger partial charge in [0.2, 0.25) is 11.9 Å². The lowest BCUT2D eigenvalue weighted by atomic mass is 10.2. The van der Waals surface area contributed by atoms with Crippen LogP contribution in [0.5, 0.6) is 0 Å². The maximum atomic E-state index is 11.9. The number of hydrogen-bond donors (Lipinski definition) is 3. The molecular weight excluding hydrogens is 360 g/mol. The summed E-state index contributed by atoms with van der Waals surface area (Å²) in [5.41, 5.74) is 1.37. The number of nitrogens with zero attached hydrogens (tertiary/aromatic N) is 5. The highest BCUT2D eigenvalue weighted by molar-refractivity contribution is 6.14. The van der Waals surface area contributed by atoms with E-state index in [2.05, 4.69) is 51.9 Å². The first-order chi connectivity index (χ1) is 13.5. The van der Waals surface area contributed by atoms with E-state index in [-0.39, 0.29) is 17.8 Å². The first-order valence-corrected chi connectivity index (χ1v) is 9.32. The monoisotopic (exact) mass is 380 g/mol. The summed E-state index contributed by atoms with van der Waals surface area (Å²) in [5, 5.41) is 12.5. The summed E-state index contributed by atoms with van der Waals surface area (Å²) in [6.07, 6.45) is 9.65. The molecule has 5 rings (SSSR count). The SMILES string of the molecule is CC1C=CC(C)N1c1nc(NC2CC2)n2ncc(/C=C3\NC(=O)NC3=O)c2n1. The first kappa shape index (κ1) is 16.7. The highest BCUT2D eigenvalue weighted by atomic mass is 16.2. The number of hydrogen-bond acceptors (Lipinski definition) is 7. The zero-order valence-electron chi connectivity index (χ0n) is 15.5. The molecule has 3 aliphatic rings. The number of nitrogens with one attached hydrogen (secondary N) is 3. The van der Waals surface area contributed by atoms with Crippen LogP contribution in [0.3, 0.4) is 0 Å². The van der Waals surface area contributed by atoms with Gasteiger partial charge in [0, 0.05) is 23.7 Å². The van der Waals surface area contributed by atoms with Gasteiger partial charge in [0.25, 0.3) is 5.91 Å². The third-order valence-corrected chi connectivity index (χ3v) is 5.09. The molecule has 0 spiro atoms. The van der Waals surface area contributed by atoms with Gasteiger partial charge in [0.15, 0.2) is 5.65 Å². The number of carbonyl (C=O) groups is 2. The first-order valence-electron chi connectivity index (χ1n) is 9.32. The molecule has 2 aromatic heterocycles. The Kier molecular flexibility index (Phi) is 3.61. The van der Waals surface area contributed by atoms with Crippen molar-refractivity contribution < 1.29 is 9.59 Å². The molecule has 2 aliphatic heterocycles. The Morgan fingerprint density at radius 2 is 1.89 bits per heavy atom. The summed E-state index contributed by atoms with van der Waals surface area (Å²) >= 11 is 0. The molecule has 1 saturated heterocycles. The predicted molar refractivity (Wildman–Crippen MR) is 103 cm³/mol. The highest BCUT2D eigenvalue weighted by Crippen LogP contribution is 2.29. The summed E-state index contributed by atoms with van der Waals surface area (Å²) in [6, 6.07) is 0.208. The van der Waals surface area contributed by atoms with E-state index in [9.17, 15) is 9.59 Å². The summed E-state index contributed by atoms with van der Waals surface area (Å²) in [7, 11) is 0. The lowest BCUT2D eigenvalue weighted by Crippen LogP contribution is -2.35. The van der Waals surface area contributed by atoms with Crippen molar-refractivity contribution in [2.45, 2.75) is 44.8 Å². The molecule has 2 unspecified atom stereocenters. The van der Waals surface area contributed by atoms with Gasteiger partial charge in [-0.15, -0.1) is 0 Å². The van der Waals surface area contributed by atoms with Crippen molar-refractivity contribution in [1.82, 2.24) is 30.2 Å². The molecule has 2 atom stereocenters. The lowest BCUT2D eigenvalue weighted by Gasteiger charge is -2.27. The Balaban J connectivity index is 1.62. The van der Waals surface area contributed by atoms with Crippen molar-refractivity contribution in [3.8, 4) is 0 Å². The second-order valence-corrected chi connectivity index (χ2v) is 7.34. The van der Waals surface area contributed by atoms with Crippen molar-refractivity contribution in [1.29, 1.82) is 0 Å². The van der Waals surface area contributed by atoms with E-state index in [0.29, 0.717) is 29.1 Å². The maximum Gasteiger partial charge on any atom is 0.326 e. The molecule has 0 radical (unpaired) electrons.